The highest BCUT2D eigenvalue weighted by molar-refractivity contribution is 9.10. The Morgan fingerprint density at radius 1 is 1.61 bits per heavy atom. The van der Waals surface area contributed by atoms with Crippen LogP contribution < -0.4 is 10.6 Å². The highest BCUT2D eigenvalue weighted by atomic mass is 79.9. The van der Waals surface area contributed by atoms with Crippen molar-refractivity contribution < 1.29 is 4.74 Å². The minimum atomic E-state index is 0.0938. The number of hydrogen-bond donors (Lipinski definition) is 2. The van der Waals surface area contributed by atoms with Crippen molar-refractivity contribution in [2.75, 3.05) is 24.7 Å². The summed E-state index contributed by atoms with van der Waals surface area (Å²) in [6, 6.07) is 6.23. The van der Waals surface area contributed by atoms with Gasteiger partial charge in [0.15, 0.2) is 0 Å². The average molecular weight is 312 g/mol. The molecule has 0 saturated carbocycles. The topological polar surface area (TPSA) is 62.3 Å². The maximum absolute atomic E-state index is 7.45. The molecule has 3 N–H and O–H groups in total. The van der Waals surface area contributed by atoms with Gasteiger partial charge >= 0.3 is 0 Å². The fourth-order valence-corrected chi connectivity index (χ4v) is 2.82. The third kappa shape index (κ3) is 2.67. The summed E-state index contributed by atoms with van der Waals surface area (Å²) >= 11 is 3.57. The Balaban J connectivity index is 2.29. The van der Waals surface area contributed by atoms with E-state index >= 15 is 0 Å². The average Bonchev–Trinajstić information content (AvgIpc) is 2.38. The SMILES string of the molecule is CCC1COCCN1c1ccc(C(=N)N)cc1Br. The first-order valence-corrected chi connectivity index (χ1v) is 6.91. The Kier molecular flexibility index (Phi) is 4.24. The lowest BCUT2D eigenvalue weighted by molar-refractivity contribution is 0.0929. The molecular formula is C13H18BrN3O. The molecule has 4 nitrogen and oxygen atoms in total. The second kappa shape index (κ2) is 5.71. The van der Waals surface area contributed by atoms with Crippen LogP contribution in [0.25, 0.3) is 0 Å². The molecule has 2 rings (SSSR count). The molecule has 1 atom stereocenters. The van der Waals surface area contributed by atoms with Gasteiger partial charge in [-0.25, -0.2) is 0 Å². The number of morpholine rings is 1. The number of anilines is 1. The van der Waals surface area contributed by atoms with E-state index in [0.29, 0.717) is 6.04 Å². The van der Waals surface area contributed by atoms with Gasteiger partial charge in [-0.1, -0.05) is 6.92 Å². The summed E-state index contributed by atoms with van der Waals surface area (Å²) < 4.78 is 6.50. The summed E-state index contributed by atoms with van der Waals surface area (Å²) in [6.07, 6.45) is 1.06. The molecular weight excluding hydrogens is 294 g/mol. The summed E-state index contributed by atoms with van der Waals surface area (Å²) in [5, 5.41) is 7.45. The number of nitrogen functional groups attached to an aromatic ring is 1. The van der Waals surface area contributed by atoms with Gasteiger partial charge in [0.25, 0.3) is 0 Å². The number of nitrogens with one attached hydrogen (secondary N) is 1. The normalized spacial score (nSPS) is 19.9. The number of rotatable bonds is 3. The quantitative estimate of drug-likeness (QED) is 0.665. The predicted octanol–water partition coefficient (Wildman–Crippen LogP) is 2.35. The lowest BCUT2D eigenvalue weighted by atomic mass is 10.1. The number of ether oxygens (including phenoxy) is 1. The van der Waals surface area contributed by atoms with E-state index in [9.17, 15) is 0 Å². The maximum atomic E-state index is 7.45. The molecule has 1 aliphatic rings. The van der Waals surface area contributed by atoms with Gasteiger partial charge in [0, 0.05) is 16.6 Å². The van der Waals surface area contributed by atoms with Crippen molar-refractivity contribution in [2.24, 2.45) is 5.73 Å². The minimum Gasteiger partial charge on any atom is -0.384 e. The summed E-state index contributed by atoms with van der Waals surface area (Å²) in [4.78, 5) is 2.36. The zero-order valence-corrected chi connectivity index (χ0v) is 12.0. The molecule has 0 bridgehead atoms. The number of nitrogens with zero attached hydrogens (tertiary/aromatic N) is 1. The second-order valence-corrected chi connectivity index (χ2v) is 5.26. The molecule has 1 aromatic rings. The standard InChI is InChI=1S/C13H18BrN3O/c1-2-10-8-18-6-5-17(10)12-4-3-9(13(15)16)7-11(12)14/h3-4,7,10H,2,5-6,8H2,1H3,(H3,15,16). The van der Waals surface area contributed by atoms with Crippen molar-refractivity contribution in [1.82, 2.24) is 0 Å². The third-order valence-electron chi connectivity index (χ3n) is 3.27. The molecule has 1 aromatic carbocycles. The highest BCUT2D eigenvalue weighted by Crippen LogP contribution is 2.30. The first kappa shape index (κ1) is 13.4. The molecule has 0 radical (unpaired) electrons. The van der Waals surface area contributed by atoms with E-state index in [1.165, 1.54) is 0 Å². The number of hydrogen-bond acceptors (Lipinski definition) is 3. The van der Waals surface area contributed by atoms with E-state index < -0.39 is 0 Å². The van der Waals surface area contributed by atoms with Crippen LogP contribution in [0, 0.1) is 5.41 Å². The molecule has 1 aliphatic heterocycles. The van der Waals surface area contributed by atoms with Crippen LogP contribution in [0.4, 0.5) is 5.69 Å². The third-order valence-corrected chi connectivity index (χ3v) is 3.90. The van der Waals surface area contributed by atoms with E-state index in [1.807, 2.05) is 18.2 Å². The summed E-state index contributed by atoms with van der Waals surface area (Å²) in [7, 11) is 0. The Morgan fingerprint density at radius 2 is 2.39 bits per heavy atom. The molecule has 0 amide bonds. The lowest BCUT2D eigenvalue weighted by Crippen LogP contribution is -2.45. The number of halogens is 1. The maximum Gasteiger partial charge on any atom is 0.122 e. The molecule has 0 aliphatic carbocycles. The zero-order valence-electron chi connectivity index (χ0n) is 10.4. The van der Waals surface area contributed by atoms with Crippen LogP contribution in [0.15, 0.2) is 22.7 Å². The molecule has 0 aromatic heterocycles. The molecule has 1 unspecified atom stereocenters. The van der Waals surface area contributed by atoms with Gasteiger partial charge in [-0.05, 0) is 40.5 Å². The van der Waals surface area contributed by atoms with E-state index in [4.69, 9.17) is 15.9 Å². The summed E-state index contributed by atoms with van der Waals surface area (Å²) in [5.41, 5.74) is 7.38. The Morgan fingerprint density at radius 3 is 3.00 bits per heavy atom. The van der Waals surface area contributed by atoms with Crippen LogP contribution in [-0.2, 0) is 4.74 Å². The molecule has 98 valence electrons. The van der Waals surface area contributed by atoms with Crippen LogP contribution in [0.1, 0.15) is 18.9 Å². The molecule has 5 heteroatoms. The van der Waals surface area contributed by atoms with Crippen molar-refractivity contribution in [1.29, 1.82) is 5.41 Å². The van der Waals surface area contributed by atoms with Gasteiger partial charge in [-0.15, -0.1) is 0 Å². The fourth-order valence-electron chi connectivity index (χ4n) is 2.22. The number of nitrogens with two attached hydrogens (primary N) is 1. The van der Waals surface area contributed by atoms with Crippen LogP contribution in [0.5, 0.6) is 0 Å². The van der Waals surface area contributed by atoms with Gasteiger partial charge in [0.2, 0.25) is 0 Å². The monoisotopic (exact) mass is 311 g/mol. The van der Waals surface area contributed by atoms with Gasteiger partial charge in [-0.3, -0.25) is 5.41 Å². The smallest absolute Gasteiger partial charge is 0.122 e. The van der Waals surface area contributed by atoms with Gasteiger partial charge in [0.05, 0.1) is 24.9 Å². The molecule has 0 spiro atoms. The Labute approximate surface area is 116 Å². The Hall–Kier alpha value is -1.07. The molecule has 1 heterocycles. The summed E-state index contributed by atoms with van der Waals surface area (Å²) in [6.45, 7) is 4.61. The molecule has 18 heavy (non-hydrogen) atoms. The van der Waals surface area contributed by atoms with Gasteiger partial charge in [0.1, 0.15) is 5.84 Å². The van der Waals surface area contributed by atoms with E-state index in [-0.39, 0.29) is 5.84 Å². The molecule has 1 fully saturated rings. The minimum absolute atomic E-state index is 0.0938. The van der Waals surface area contributed by atoms with Crippen molar-refractivity contribution in [3.63, 3.8) is 0 Å². The van der Waals surface area contributed by atoms with Gasteiger partial charge < -0.3 is 15.4 Å². The van der Waals surface area contributed by atoms with Crippen molar-refractivity contribution >= 4 is 27.5 Å². The Bertz CT molecular complexity index is 450. The van der Waals surface area contributed by atoms with Crippen LogP contribution in [0.2, 0.25) is 0 Å². The van der Waals surface area contributed by atoms with E-state index in [1.54, 1.807) is 0 Å². The van der Waals surface area contributed by atoms with Crippen LogP contribution >= 0.6 is 15.9 Å². The summed E-state index contributed by atoms with van der Waals surface area (Å²) in [5.74, 6) is 0.0938. The fraction of sp³-hybridized carbons (Fsp3) is 0.462. The zero-order chi connectivity index (χ0) is 13.1. The van der Waals surface area contributed by atoms with Gasteiger partial charge in [-0.2, -0.15) is 0 Å². The highest BCUT2D eigenvalue weighted by Gasteiger charge is 2.23. The number of amidine groups is 1. The first-order chi connectivity index (χ1) is 8.63. The largest absolute Gasteiger partial charge is 0.384 e. The van der Waals surface area contributed by atoms with Crippen LogP contribution in [-0.4, -0.2) is 31.6 Å². The van der Waals surface area contributed by atoms with Crippen LogP contribution in [0.3, 0.4) is 0 Å². The van der Waals surface area contributed by atoms with Crippen molar-refractivity contribution in [2.45, 2.75) is 19.4 Å². The molecule has 1 saturated heterocycles. The first-order valence-electron chi connectivity index (χ1n) is 6.11. The predicted molar refractivity (Wildman–Crippen MR) is 77.4 cm³/mol. The van der Waals surface area contributed by atoms with E-state index in [0.717, 1.165) is 41.9 Å². The van der Waals surface area contributed by atoms with Crippen molar-refractivity contribution in [3.8, 4) is 0 Å². The van der Waals surface area contributed by atoms with E-state index in [2.05, 4.69) is 27.8 Å². The second-order valence-electron chi connectivity index (χ2n) is 4.41. The number of benzene rings is 1. The lowest BCUT2D eigenvalue weighted by Gasteiger charge is -2.37. The van der Waals surface area contributed by atoms with Crippen molar-refractivity contribution in [3.05, 3.63) is 28.2 Å².